The van der Waals surface area contributed by atoms with Crippen molar-refractivity contribution in [3.8, 4) is 0 Å². The Labute approximate surface area is 140 Å². The summed E-state index contributed by atoms with van der Waals surface area (Å²) in [5, 5.41) is 8.33. The first-order valence-corrected chi connectivity index (χ1v) is 7.94. The molecule has 0 bridgehead atoms. The van der Waals surface area contributed by atoms with Crippen LogP contribution in [-0.4, -0.2) is 45.5 Å². The van der Waals surface area contributed by atoms with E-state index >= 15 is 0 Å². The summed E-state index contributed by atoms with van der Waals surface area (Å²) in [4.78, 5) is 11.1. The van der Waals surface area contributed by atoms with Crippen LogP contribution in [0.1, 0.15) is 37.2 Å². The van der Waals surface area contributed by atoms with E-state index in [-0.39, 0.29) is 0 Å². The van der Waals surface area contributed by atoms with Crippen molar-refractivity contribution in [1.82, 2.24) is 24.7 Å². The van der Waals surface area contributed by atoms with E-state index in [0.717, 1.165) is 17.2 Å². The van der Waals surface area contributed by atoms with E-state index in [0.29, 0.717) is 37.2 Å². The van der Waals surface area contributed by atoms with Gasteiger partial charge in [0.05, 0.1) is 19.3 Å². The van der Waals surface area contributed by atoms with E-state index in [1.54, 1.807) is 13.3 Å². The molecule has 8 nitrogen and oxygen atoms in total. The second-order valence-corrected chi connectivity index (χ2v) is 6.00. The molecule has 0 spiro atoms. The molecule has 0 unspecified atom stereocenters. The number of hydrogen-bond acceptors (Lipinski definition) is 7. The van der Waals surface area contributed by atoms with Crippen LogP contribution >= 0.6 is 0 Å². The van der Waals surface area contributed by atoms with Crippen molar-refractivity contribution in [1.29, 1.82) is 0 Å². The minimum Gasteiger partial charge on any atom is -0.384 e. The van der Waals surface area contributed by atoms with Crippen molar-refractivity contribution < 1.29 is 9.26 Å². The zero-order valence-electron chi connectivity index (χ0n) is 14.4. The van der Waals surface area contributed by atoms with Gasteiger partial charge in [0.25, 0.3) is 0 Å². The molecular formula is C16H22N6O2. The first kappa shape index (κ1) is 16.4. The van der Waals surface area contributed by atoms with Gasteiger partial charge in [0.2, 0.25) is 5.89 Å². The molecule has 0 N–H and O–H groups in total. The lowest BCUT2D eigenvalue weighted by Crippen LogP contribution is -2.21. The molecule has 3 aromatic rings. The van der Waals surface area contributed by atoms with Crippen LogP contribution in [-0.2, 0) is 17.7 Å². The number of hydrogen-bond donors (Lipinski definition) is 0. The molecule has 0 saturated carbocycles. The van der Waals surface area contributed by atoms with Crippen molar-refractivity contribution in [2.75, 3.05) is 25.7 Å². The van der Waals surface area contributed by atoms with Crippen LogP contribution in [0.3, 0.4) is 0 Å². The van der Waals surface area contributed by atoms with Crippen molar-refractivity contribution in [3.05, 3.63) is 35.7 Å². The molecule has 0 atom stereocenters. The number of ether oxygens (including phenoxy) is 1. The van der Waals surface area contributed by atoms with Crippen LogP contribution < -0.4 is 4.90 Å². The number of aromatic nitrogens is 5. The number of methoxy groups -OCH3 is 1. The third kappa shape index (κ3) is 3.38. The molecule has 0 fully saturated rings. The fourth-order valence-electron chi connectivity index (χ4n) is 2.42. The third-order valence-electron chi connectivity index (χ3n) is 3.76. The van der Waals surface area contributed by atoms with E-state index in [9.17, 15) is 0 Å². The van der Waals surface area contributed by atoms with Crippen molar-refractivity contribution in [3.63, 3.8) is 0 Å². The lowest BCUT2D eigenvalue weighted by Gasteiger charge is -2.19. The lowest BCUT2D eigenvalue weighted by atomic mass is 10.1. The Morgan fingerprint density at radius 2 is 2.17 bits per heavy atom. The Kier molecular flexibility index (Phi) is 4.75. The monoisotopic (exact) mass is 330 g/mol. The Morgan fingerprint density at radius 1 is 1.33 bits per heavy atom. The summed E-state index contributed by atoms with van der Waals surface area (Å²) in [6, 6.07) is 3.95. The molecule has 3 heterocycles. The quantitative estimate of drug-likeness (QED) is 0.656. The number of fused-ring (bicyclic) bond motifs is 1. The number of rotatable bonds is 7. The highest BCUT2D eigenvalue weighted by atomic mass is 16.5. The van der Waals surface area contributed by atoms with Crippen LogP contribution in [0.5, 0.6) is 0 Å². The summed E-state index contributed by atoms with van der Waals surface area (Å²) >= 11 is 0. The normalized spacial score (nSPS) is 11.5. The number of anilines is 1. The minimum absolute atomic E-state index is 0.334. The predicted molar refractivity (Wildman–Crippen MR) is 89.1 cm³/mol. The summed E-state index contributed by atoms with van der Waals surface area (Å²) in [5.41, 5.74) is 1.85. The molecule has 0 radical (unpaired) electrons. The maximum Gasteiger partial charge on any atom is 0.246 e. The summed E-state index contributed by atoms with van der Waals surface area (Å²) in [6.45, 7) is 5.32. The summed E-state index contributed by atoms with van der Waals surface area (Å²) in [5.74, 6) is 2.49. The fourth-order valence-corrected chi connectivity index (χ4v) is 2.42. The van der Waals surface area contributed by atoms with Gasteiger partial charge in [-0.2, -0.15) is 14.6 Å². The maximum absolute atomic E-state index is 5.32. The van der Waals surface area contributed by atoms with E-state index in [2.05, 4.69) is 34.1 Å². The lowest BCUT2D eigenvalue weighted by molar-refractivity contribution is 0.199. The zero-order valence-corrected chi connectivity index (χ0v) is 14.4. The molecule has 128 valence electrons. The first-order chi connectivity index (χ1) is 11.6. The molecule has 24 heavy (non-hydrogen) atoms. The van der Waals surface area contributed by atoms with Crippen molar-refractivity contribution >= 4 is 11.5 Å². The van der Waals surface area contributed by atoms with Gasteiger partial charge in [-0.05, 0) is 5.92 Å². The molecule has 8 heteroatoms. The summed E-state index contributed by atoms with van der Waals surface area (Å²) in [7, 11) is 3.62. The van der Waals surface area contributed by atoms with Gasteiger partial charge in [-0.1, -0.05) is 19.0 Å². The highest BCUT2D eigenvalue weighted by Crippen LogP contribution is 2.22. The maximum atomic E-state index is 5.32. The second kappa shape index (κ2) is 6.96. The van der Waals surface area contributed by atoms with Crippen molar-refractivity contribution in [2.45, 2.75) is 32.7 Å². The molecule has 0 aromatic carbocycles. The minimum atomic E-state index is 0.334. The van der Waals surface area contributed by atoms with Crippen molar-refractivity contribution in [2.24, 2.45) is 0 Å². The van der Waals surface area contributed by atoms with Gasteiger partial charge in [-0.3, -0.25) is 0 Å². The van der Waals surface area contributed by atoms with Crippen LogP contribution in [0.4, 0.5) is 5.82 Å². The molecule has 3 rings (SSSR count). The molecule has 0 aliphatic heterocycles. The second-order valence-electron chi connectivity index (χ2n) is 6.00. The van der Waals surface area contributed by atoms with E-state index in [1.165, 1.54) is 0 Å². The average molecular weight is 330 g/mol. The van der Waals surface area contributed by atoms with Crippen LogP contribution in [0, 0.1) is 0 Å². The van der Waals surface area contributed by atoms with E-state index < -0.39 is 0 Å². The summed E-state index contributed by atoms with van der Waals surface area (Å²) < 4.78 is 12.2. The predicted octanol–water partition coefficient (Wildman–Crippen LogP) is 2.06. The summed E-state index contributed by atoms with van der Waals surface area (Å²) in [6.07, 6.45) is 2.39. The highest BCUT2D eigenvalue weighted by molar-refractivity contribution is 5.50. The average Bonchev–Trinajstić information content (AvgIpc) is 3.20. The Bertz CT molecular complexity index is 810. The highest BCUT2D eigenvalue weighted by Gasteiger charge is 2.15. The zero-order chi connectivity index (χ0) is 17.1. The third-order valence-corrected chi connectivity index (χ3v) is 3.76. The van der Waals surface area contributed by atoms with Gasteiger partial charge in [-0.25, -0.2) is 4.98 Å². The van der Waals surface area contributed by atoms with Crippen LogP contribution in [0.2, 0.25) is 0 Å². The Morgan fingerprint density at radius 3 is 2.92 bits per heavy atom. The SMILES string of the molecule is COCCc1noc(CN(C)c2cc(C(C)C)nc3ccnn23)n1. The van der Waals surface area contributed by atoms with Gasteiger partial charge in [0, 0.05) is 38.4 Å². The Balaban J connectivity index is 1.84. The number of nitrogens with zero attached hydrogens (tertiary/aromatic N) is 6. The van der Waals surface area contributed by atoms with E-state index in [4.69, 9.17) is 9.26 Å². The molecule has 0 aliphatic carbocycles. The molecular weight excluding hydrogens is 308 g/mol. The molecule has 0 saturated heterocycles. The van der Waals surface area contributed by atoms with Gasteiger partial charge in [0.1, 0.15) is 5.82 Å². The standard InChI is InChI=1S/C16H22N6O2/c1-11(2)12-9-16(22-14(18-12)5-7-17-22)21(3)10-15-19-13(20-24-15)6-8-23-4/h5,7,9,11H,6,8,10H2,1-4H3. The largest absolute Gasteiger partial charge is 0.384 e. The fraction of sp³-hybridized carbons (Fsp3) is 0.500. The smallest absolute Gasteiger partial charge is 0.246 e. The first-order valence-electron chi connectivity index (χ1n) is 7.94. The Hall–Kier alpha value is -2.48. The van der Waals surface area contributed by atoms with Crippen LogP contribution in [0.25, 0.3) is 5.65 Å². The topological polar surface area (TPSA) is 81.6 Å². The van der Waals surface area contributed by atoms with Gasteiger partial charge < -0.3 is 14.2 Å². The molecule has 0 amide bonds. The molecule has 0 aliphatic rings. The van der Waals surface area contributed by atoms with Gasteiger partial charge in [-0.15, -0.1) is 0 Å². The molecule has 3 aromatic heterocycles. The van der Waals surface area contributed by atoms with Gasteiger partial charge in [0.15, 0.2) is 11.5 Å². The van der Waals surface area contributed by atoms with Gasteiger partial charge >= 0.3 is 0 Å². The van der Waals surface area contributed by atoms with E-state index in [1.807, 2.05) is 28.6 Å². The van der Waals surface area contributed by atoms with Crippen LogP contribution in [0.15, 0.2) is 22.9 Å².